The summed E-state index contributed by atoms with van der Waals surface area (Å²) in [6, 6.07) is 0. The highest BCUT2D eigenvalue weighted by molar-refractivity contribution is 7.99. The van der Waals surface area contributed by atoms with Crippen molar-refractivity contribution < 1.29 is 14.6 Å². The molecule has 4 nitrogen and oxygen atoms in total. The number of morpholine rings is 1. The van der Waals surface area contributed by atoms with Gasteiger partial charge in [0.1, 0.15) is 0 Å². The number of carbonyl (C=O) groups excluding carboxylic acids is 1. The van der Waals surface area contributed by atoms with Gasteiger partial charge in [-0.05, 0) is 13.2 Å². The Morgan fingerprint density at radius 3 is 2.93 bits per heavy atom. The van der Waals surface area contributed by atoms with E-state index in [2.05, 4.69) is 0 Å². The van der Waals surface area contributed by atoms with Gasteiger partial charge in [-0.2, -0.15) is 11.8 Å². The minimum absolute atomic E-state index is 0.0201. The van der Waals surface area contributed by atoms with Gasteiger partial charge >= 0.3 is 0 Å². The summed E-state index contributed by atoms with van der Waals surface area (Å²) in [7, 11) is 0. The highest BCUT2D eigenvalue weighted by atomic mass is 32.2. The Morgan fingerprint density at radius 1 is 1.64 bits per heavy atom. The molecule has 0 aromatic carbocycles. The van der Waals surface area contributed by atoms with Gasteiger partial charge in [0, 0.05) is 13.1 Å². The smallest absolute Gasteiger partial charge is 0.232 e. The SMILES string of the molecule is CSCC(=O)N1CC(C)OC(CO)C1. The van der Waals surface area contributed by atoms with E-state index in [1.807, 2.05) is 13.2 Å². The number of rotatable bonds is 3. The quantitative estimate of drug-likeness (QED) is 0.723. The number of hydrogen-bond acceptors (Lipinski definition) is 4. The zero-order valence-electron chi connectivity index (χ0n) is 8.60. The standard InChI is InChI=1S/C9H17NO3S/c1-7-3-10(9(12)6-14-2)4-8(5-11)13-7/h7-8,11H,3-6H2,1-2H3. The van der Waals surface area contributed by atoms with Gasteiger partial charge in [0.25, 0.3) is 0 Å². The average molecular weight is 219 g/mol. The summed E-state index contributed by atoms with van der Waals surface area (Å²) in [4.78, 5) is 13.3. The summed E-state index contributed by atoms with van der Waals surface area (Å²) >= 11 is 1.52. The van der Waals surface area contributed by atoms with Gasteiger partial charge in [0.05, 0.1) is 24.6 Å². The van der Waals surface area contributed by atoms with Gasteiger partial charge in [-0.25, -0.2) is 0 Å². The molecule has 1 amide bonds. The van der Waals surface area contributed by atoms with Crippen LogP contribution in [0.5, 0.6) is 0 Å². The zero-order valence-corrected chi connectivity index (χ0v) is 9.42. The topological polar surface area (TPSA) is 49.8 Å². The Labute approximate surface area is 88.6 Å². The highest BCUT2D eigenvalue weighted by Gasteiger charge is 2.27. The number of ether oxygens (including phenoxy) is 1. The van der Waals surface area contributed by atoms with Crippen LogP contribution in [0, 0.1) is 0 Å². The first-order valence-corrected chi connectivity index (χ1v) is 6.09. The molecule has 2 unspecified atom stereocenters. The van der Waals surface area contributed by atoms with E-state index in [4.69, 9.17) is 9.84 Å². The van der Waals surface area contributed by atoms with Crippen LogP contribution in [0.4, 0.5) is 0 Å². The fraction of sp³-hybridized carbons (Fsp3) is 0.889. The van der Waals surface area contributed by atoms with Gasteiger partial charge < -0.3 is 14.7 Å². The van der Waals surface area contributed by atoms with E-state index in [0.29, 0.717) is 18.8 Å². The molecule has 0 aromatic rings. The molecule has 82 valence electrons. The van der Waals surface area contributed by atoms with Gasteiger partial charge in [-0.15, -0.1) is 0 Å². The van der Waals surface area contributed by atoms with Crippen molar-refractivity contribution in [1.29, 1.82) is 0 Å². The highest BCUT2D eigenvalue weighted by Crippen LogP contribution is 2.11. The van der Waals surface area contributed by atoms with Crippen LogP contribution in [0.15, 0.2) is 0 Å². The monoisotopic (exact) mass is 219 g/mol. The zero-order chi connectivity index (χ0) is 10.6. The van der Waals surface area contributed by atoms with Crippen LogP contribution in [0.2, 0.25) is 0 Å². The van der Waals surface area contributed by atoms with E-state index in [0.717, 1.165) is 0 Å². The first kappa shape index (κ1) is 11.8. The van der Waals surface area contributed by atoms with Crippen LogP contribution >= 0.6 is 11.8 Å². The molecule has 5 heteroatoms. The van der Waals surface area contributed by atoms with E-state index >= 15 is 0 Å². The van der Waals surface area contributed by atoms with E-state index in [-0.39, 0.29) is 24.7 Å². The van der Waals surface area contributed by atoms with Crippen LogP contribution in [0.25, 0.3) is 0 Å². The molecule has 0 saturated carbocycles. The molecule has 1 fully saturated rings. The van der Waals surface area contributed by atoms with E-state index in [9.17, 15) is 4.79 Å². The van der Waals surface area contributed by atoms with E-state index in [1.54, 1.807) is 4.90 Å². The Kier molecular flexibility index (Phi) is 4.71. The van der Waals surface area contributed by atoms with Gasteiger partial charge in [-0.3, -0.25) is 4.79 Å². The summed E-state index contributed by atoms with van der Waals surface area (Å²) in [5.41, 5.74) is 0. The van der Waals surface area contributed by atoms with Crippen molar-refractivity contribution >= 4 is 17.7 Å². The van der Waals surface area contributed by atoms with Crippen LogP contribution in [0.1, 0.15) is 6.92 Å². The van der Waals surface area contributed by atoms with Crippen molar-refractivity contribution in [3.8, 4) is 0 Å². The fourth-order valence-electron chi connectivity index (χ4n) is 1.56. The second-order valence-corrected chi connectivity index (χ2v) is 4.35. The molecule has 1 rings (SSSR count). The third kappa shape index (κ3) is 3.15. The number of amides is 1. The predicted molar refractivity (Wildman–Crippen MR) is 56.4 cm³/mol. The molecule has 0 aromatic heterocycles. The second-order valence-electron chi connectivity index (χ2n) is 3.48. The number of carbonyl (C=O) groups is 1. The normalized spacial score (nSPS) is 27.8. The molecule has 1 aliphatic heterocycles. The van der Waals surface area contributed by atoms with Crippen LogP contribution in [0.3, 0.4) is 0 Å². The maximum Gasteiger partial charge on any atom is 0.232 e. The van der Waals surface area contributed by atoms with E-state index in [1.165, 1.54) is 11.8 Å². The van der Waals surface area contributed by atoms with Crippen LogP contribution in [-0.4, -0.2) is 59.8 Å². The molecular weight excluding hydrogens is 202 g/mol. The van der Waals surface area contributed by atoms with Crippen molar-refractivity contribution in [3.05, 3.63) is 0 Å². The molecule has 2 atom stereocenters. The molecule has 1 aliphatic rings. The summed E-state index contributed by atoms with van der Waals surface area (Å²) in [6.07, 6.45) is 1.71. The molecule has 14 heavy (non-hydrogen) atoms. The molecule has 1 saturated heterocycles. The molecule has 0 radical (unpaired) electrons. The molecular formula is C9H17NO3S. The number of hydrogen-bond donors (Lipinski definition) is 1. The molecule has 0 aliphatic carbocycles. The lowest BCUT2D eigenvalue weighted by molar-refractivity contribution is -0.144. The van der Waals surface area contributed by atoms with Gasteiger partial charge in [-0.1, -0.05) is 0 Å². The van der Waals surface area contributed by atoms with Crippen LogP contribution < -0.4 is 0 Å². The average Bonchev–Trinajstić information content (AvgIpc) is 2.17. The lowest BCUT2D eigenvalue weighted by Gasteiger charge is -2.36. The maximum atomic E-state index is 11.6. The van der Waals surface area contributed by atoms with E-state index < -0.39 is 0 Å². The van der Waals surface area contributed by atoms with Gasteiger partial charge in [0.2, 0.25) is 5.91 Å². The fourth-order valence-corrected chi connectivity index (χ4v) is 1.99. The number of nitrogens with zero attached hydrogens (tertiary/aromatic N) is 1. The first-order valence-electron chi connectivity index (χ1n) is 4.70. The summed E-state index contributed by atoms with van der Waals surface area (Å²) in [6.45, 7) is 3.05. The predicted octanol–water partition coefficient (Wildman–Crippen LogP) is -0.0424. The lowest BCUT2D eigenvalue weighted by atomic mass is 10.2. The number of thioether (sulfide) groups is 1. The molecule has 0 spiro atoms. The Balaban J connectivity index is 2.48. The molecule has 1 heterocycles. The summed E-state index contributed by atoms with van der Waals surface area (Å²) in [5.74, 6) is 0.635. The third-order valence-corrected chi connectivity index (χ3v) is 2.69. The summed E-state index contributed by atoms with van der Waals surface area (Å²) in [5, 5.41) is 8.97. The number of aliphatic hydroxyl groups excluding tert-OH is 1. The van der Waals surface area contributed by atoms with Crippen molar-refractivity contribution in [3.63, 3.8) is 0 Å². The molecule has 0 bridgehead atoms. The largest absolute Gasteiger partial charge is 0.394 e. The Bertz CT molecular complexity index is 200. The van der Waals surface area contributed by atoms with Crippen molar-refractivity contribution in [2.75, 3.05) is 31.7 Å². The first-order chi connectivity index (χ1) is 6.67. The van der Waals surface area contributed by atoms with Crippen molar-refractivity contribution in [2.24, 2.45) is 0 Å². The minimum atomic E-state index is -0.218. The van der Waals surface area contributed by atoms with Crippen LogP contribution in [-0.2, 0) is 9.53 Å². The minimum Gasteiger partial charge on any atom is -0.394 e. The van der Waals surface area contributed by atoms with Gasteiger partial charge in [0.15, 0.2) is 0 Å². The lowest BCUT2D eigenvalue weighted by Crippen LogP contribution is -2.50. The molecule has 1 N–H and O–H groups in total. The van der Waals surface area contributed by atoms with Crippen molar-refractivity contribution in [1.82, 2.24) is 4.90 Å². The second kappa shape index (κ2) is 5.58. The summed E-state index contributed by atoms with van der Waals surface area (Å²) < 4.78 is 5.44. The maximum absolute atomic E-state index is 11.6. The van der Waals surface area contributed by atoms with Crippen molar-refractivity contribution in [2.45, 2.75) is 19.1 Å². The Morgan fingerprint density at radius 2 is 2.36 bits per heavy atom. The third-order valence-electron chi connectivity index (χ3n) is 2.15. The number of aliphatic hydroxyl groups is 1. The Hall–Kier alpha value is -0.260.